The standard InChI is InChI=1S/C14H22N2O/c1-11-6-5-7-13(8-11)14(17)15-9-12(2)10-16(3)4/h5-8,12H,9-10H2,1-4H3,(H,15,17)/t12-/m0/s1. The van der Waals surface area contributed by atoms with Crippen molar-refractivity contribution in [3.63, 3.8) is 0 Å². The molecule has 0 aliphatic carbocycles. The van der Waals surface area contributed by atoms with Gasteiger partial charge in [0.1, 0.15) is 0 Å². The molecule has 0 aliphatic heterocycles. The van der Waals surface area contributed by atoms with Gasteiger partial charge in [-0.25, -0.2) is 0 Å². The Hall–Kier alpha value is -1.35. The minimum Gasteiger partial charge on any atom is -0.352 e. The van der Waals surface area contributed by atoms with Crippen molar-refractivity contribution in [2.75, 3.05) is 27.2 Å². The van der Waals surface area contributed by atoms with Gasteiger partial charge < -0.3 is 10.2 Å². The minimum atomic E-state index is 0.0132. The van der Waals surface area contributed by atoms with Gasteiger partial charge in [-0.1, -0.05) is 24.6 Å². The van der Waals surface area contributed by atoms with Crippen LogP contribution in [0.3, 0.4) is 0 Å². The van der Waals surface area contributed by atoms with Crippen LogP contribution >= 0.6 is 0 Å². The number of rotatable bonds is 5. The van der Waals surface area contributed by atoms with E-state index in [-0.39, 0.29) is 5.91 Å². The summed E-state index contributed by atoms with van der Waals surface area (Å²) in [6.07, 6.45) is 0. The van der Waals surface area contributed by atoms with Gasteiger partial charge in [0.25, 0.3) is 5.91 Å². The average molecular weight is 234 g/mol. The van der Waals surface area contributed by atoms with Crippen LogP contribution < -0.4 is 5.32 Å². The molecule has 0 bridgehead atoms. The third-order valence-electron chi connectivity index (χ3n) is 2.57. The number of carbonyl (C=O) groups is 1. The van der Waals surface area contributed by atoms with Gasteiger partial charge in [-0.2, -0.15) is 0 Å². The zero-order valence-electron chi connectivity index (χ0n) is 11.2. The maximum absolute atomic E-state index is 11.9. The fourth-order valence-corrected chi connectivity index (χ4v) is 1.84. The van der Waals surface area contributed by atoms with E-state index in [0.29, 0.717) is 12.5 Å². The van der Waals surface area contributed by atoms with Gasteiger partial charge in [-0.3, -0.25) is 4.79 Å². The van der Waals surface area contributed by atoms with Gasteiger partial charge in [-0.05, 0) is 39.1 Å². The molecule has 0 saturated carbocycles. The molecule has 0 heterocycles. The zero-order valence-corrected chi connectivity index (χ0v) is 11.2. The molecule has 1 aromatic carbocycles. The first-order valence-electron chi connectivity index (χ1n) is 5.98. The number of hydrogen-bond donors (Lipinski definition) is 1. The lowest BCUT2D eigenvalue weighted by Gasteiger charge is -2.17. The molecule has 0 fully saturated rings. The summed E-state index contributed by atoms with van der Waals surface area (Å²) < 4.78 is 0. The fourth-order valence-electron chi connectivity index (χ4n) is 1.84. The first-order valence-corrected chi connectivity index (χ1v) is 5.98. The number of hydrogen-bond acceptors (Lipinski definition) is 2. The highest BCUT2D eigenvalue weighted by molar-refractivity contribution is 5.94. The summed E-state index contributed by atoms with van der Waals surface area (Å²) in [5, 5.41) is 2.97. The largest absolute Gasteiger partial charge is 0.352 e. The molecule has 17 heavy (non-hydrogen) atoms. The Balaban J connectivity index is 2.45. The smallest absolute Gasteiger partial charge is 0.251 e. The number of amides is 1. The predicted molar refractivity (Wildman–Crippen MR) is 71.2 cm³/mol. The molecule has 3 heteroatoms. The van der Waals surface area contributed by atoms with Crippen LogP contribution in [0.25, 0.3) is 0 Å². The summed E-state index contributed by atoms with van der Waals surface area (Å²) in [4.78, 5) is 14.0. The molecular weight excluding hydrogens is 212 g/mol. The van der Waals surface area contributed by atoms with Crippen LogP contribution in [0, 0.1) is 12.8 Å². The van der Waals surface area contributed by atoms with Crippen LogP contribution in [-0.2, 0) is 0 Å². The van der Waals surface area contributed by atoms with Gasteiger partial charge in [-0.15, -0.1) is 0 Å². The Bertz CT molecular complexity index is 374. The molecule has 0 spiro atoms. The molecular formula is C14H22N2O. The van der Waals surface area contributed by atoms with E-state index in [2.05, 4.69) is 17.1 Å². The topological polar surface area (TPSA) is 32.3 Å². The number of carbonyl (C=O) groups excluding carboxylic acids is 1. The van der Waals surface area contributed by atoms with Crippen molar-refractivity contribution < 1.29 is 4.79 Å². The molecule has 0 unspecified atom stereocenters. The third-order valence-corrected chi connectivity index (χ3v) is 2.57. The number of benzene rings is 1. The van der Waals surface area contributed by atoms with Crippen molar-refractivity contribution in [2.24, 2.45) is 5.92 Å². The Labute approximate surface area is 104 Å². The summed E-state index contributed by atoms with van der Waals surface area (Å²) in [5.41, 5.74) is 1.85. The second kappa shape index (κ2) is 6.40. The SMILES string of the molecule is Cc1cccc(C(=O)NC[C@H](C)CN(C)C)c1. The van der Waals surface area contributed by atoms with E-state index < -0.39 is 0 Å². The van der Waals surface area contributed by atoms with E-state index in [4.69, 9.17) is 0 Å². The third kappa shape index (κ3) is 5.00. The lowest BCUT2D eigenvalue weighted by atomic mass is 10.1. The second-order valence-electron chi connectivity index (χ2n) is 4.95. The first kappa shape index (κ1) is 13.7. The van der Waals surface area contributed by atoms with E-state index in [1.54, 1.807) is 0 Å². The molecule has 0 saturated heterocycles. The molecule has 3 nitrogen and oxygen atoms in total. The summed E-state index contributed by atoms with van der Waals surface area (Å²) >= 11 is 0. The van der Waals surface area contributed by atoms with Crippen molar-refractivity contribution >= 4 is 5.91 Å². The van der Waals surface area contributed by atoms with Crippen LogP contribution in [-0.4, -0.2) is 38.0 Å². The van der Waals surface area contributed by atoms with Crippen molar-refractivity contribution in [3.05, 3.63) is 35.4 Å². The van der Waals surface area contributed by atoms with Crippen molar-refractivity contribution in [1.82, 2.24) is 10.2 Å². The summed E-state index contributed by atoms with van der Waals surface area (Å²) in [6, 6.07) is 7.66. The van der Waals surface area contributed by atoms with Crippen LogP contribution in [0.1, 0.15) is 22.8 Å². The van der Waals surface area contributed by atoms with E-state index in [9.17, 15) is 4.79 Å². The molecule has 1 atom stereocenters. The average Bonchev–Trinajstić information content (AvgIpc) is 2.25. The van der Waals surface area contributed by atoms with E-state index in [0.717, 1.165) is 17.7 Å². The molecule has 1 rings (SSSR count). The van der Waals surface area contributed by atoms with E-state index >= 15 is 0 Å². The Morgan fingerprint density at radius 3 is 2.71 bits per heavy atom. The highest BCUT2D eigenvalue weighted by Gasteiger charge is 2.08. The van der Waals surface area contributed by atoms with Crippen LogP contribution in [0.5, 0.6) is 0 Å². The van der Waals surface area contributed by atoms with Gasteiger partial charge in [0, 0.05) is 18.7 Å². The molecule has 0 radical (unpaired) electrons. The predicted octanol–water partition coefficient (Wildman–Crippen LogP) is 1.92. The summed E-state index contributed by atoms with van der Waals surface area (Å²) in [5.74, 6) is 0.470. The normalized spacial score (nSPS) is 12.5. The van der Waals surface area contributed by atoms with Crippen molar-refractivity contribution in [2.45, 2.75) is 13.8 Å². The van der Waals surface area contributed by atoms with Gasteiger partial charge in [0.05, 0.1) is 0 Å². The van der Waals surface area contributed by atoms with Crippen LogP contribution in [0.2, 0.25) is 0 Å². The molecule has 94 valence electrons. The zero-order chi connectivity index (χ0) is 12.8. The lowest BCUT2D eigenvalue weighted by Crippen LogP contribution is -2.32. The molecule has 0 aliphatic rings. The summed E-state index contributed by atoms with van der Waals surface area (Å²) in [7, 11) is 4.08. The molecule has 0 aromatic heterocycles. The maximum atomic E-state index is 11.9. The van der Waals surface area contributed by atoms with E-state index in [1.165, 1.54) is 0 Å². The quantitative estimate of drug-likeness (QED) is 0.844. The Morgan fingerprint density at radius 2 is 2.12 bits per heavy atom. The Morgan fingerprint density at radius 1 is 1.41 bits per heavy atom. The molecule has 1 N–H and O–H groups in total. The highest BCUT2D eigenvalue weighted by Crippen LogP contribution is 2.04. The van der Waals surface area contributed by atoms with Crippen LogP contribution in [0.4, 0.5) is 0 Å². The summed E-state index contributed by atoms with van der Waals surface area (Å²) in [6.45, 7) is 5.82. The maximum Gasteiger partial charge on any atom is 0.251 e. The van der Waals surface area contributed by atoms with Crippen molar-refractivity contribution in [3.8, 4) is 0 Å². The lowest BCUT2D eigenvalue weighted by molar-refractivity contribution is 0.0946. The van der Waals surface area contributed by atoms with Crippen LogP contribution in [0.15, 0.2) is 24.3 Å². The highest BCUT2D eigenvalue weighted by atomic mass is 16.1. The number of aryl methyl sites for hydroxylation is 1. The van der Waals surface area contributed by atoms with Crippen molar-refractivity contribution in [1.29, 1.82) is 0 Å². The minimum absolute atomic E-state index is 0.0132. The number of nitrogens with zero attached hydrogens (tertiary/aromatic N) is 1. The molecule has 1 aromatic rings. The molecule has 1 amide bonds. The first-order chi connectivity index (χ1) is 7.99. The monoisotopic (exact) mass is 234 g/mol. The number of nitrogens with one attached hydrogen (secondary N) is 1. The van der Waals surface area contributed by atoms with Gasteiger partial charge >= 0.3 is 0 Å². The fraction of sp³-hybridized carbons (Fsp3) is 0.500. The second-order valence-corrected chi connectivity index (χ2v) is 4.95. The Kier molecular flexibility index (Phi) is 5.16. The van der Waals surface area contributed by atoms with Gasteiger partial charge in [0.2, 0.25) is 0 Å². The van der Waals surface area contributed by atoms with Gasteiger partial charge in [0.15, 0.2) is 0 Å². The van der Waals surface area contributed by atoms with E-state index in [1.807, 2.05) is 45.3 Å².